The number of benzene rings is 2. The number of carbonyl (C=O) groups is 1. The van der Waals surface area contributed by atoms with Gasteiger partial charge in [-0.15, -0.1) is 0 Å². The minimum atomic E-state index is -4.57. The molecule has 1 amide bonds. The lowest BCUT2D eigenvalue weighted by atomic mass is 10.2. The minimum Gasteiger partial charge on any atom is -0.495 e. The number of halogens is 3. The molecule has 0 aliphatic carbocycles. The number of amides is 1. The molecule has 0 fully saturated rings. The van der Waals surface area contributed by atoms with E-state index in [0.29, 0.717) is 30.0 Å². The Hall–Kier alpha value is -2.59. The molecule has 29 heavy (non-hydrogen) atoms. The Morgan fingerprint density at radius 3 is 2.28 bits per heavy atom. The van der Waals surface area contributed by atoms with E-state index in [1.807, 2.05) is 0 Å². The van der Waals surface area contributed by atoms with Gasteiger partial charge in [-0.05, 0) is 42.8 Å². The summed E-state index contributed by atoms with van der Waals surface area (Å²) in [4.78, 5) is 12.1. The number of anilines is 1. The summed E-state index contributed by atoms with van der Waals surface area (Å²) in [6.45, 7) is 1.27. The van der Waals surface area contributed by atoms with Crippen LogP contribution in [0.1, 0.15) is 18.9 Å². The fourth-order valence-corrected chi connectivity index (χ4v) is 4.08. The predicted molar refractivity (Wildman–Crippen MR) is 102 cm³/mol. The maximum absolute atomic E-state index is 12.8. The summed E-state index contributed by atoms with van der Waals surface area (Å²) in [6.07, 6.45) is -4.15. The Bertz CT molecular complexity index is 945. The molecular formula is C19H21F3N2O4S. The van der Waals surface area contributed by atoms with Crippen molar-refractivity contribution in [3.8, 4) is 5.75 Å². The molecule has 0 saturated carbocycles. The van der Waals surface area contributed by atoms with Crippen molar-refractivity contribution in [2.45, 2.75) is 24.4 Å². The molecule has 0 heterocycles. The molecule has 0 spiro atoms. The number of nitrogens with one attached hydrogen (secondary N) is 1. The molecule has 0 radical (unpaired) electrons. The van der Waals surface area contributed by atoms with Crippen molar-refractivity contribution >= 4 is 21.6 Å². The van der Waals surface area contributed by atoms with Gasteiger partial charge in [0, 0.05) is 6.54 Å². The van der Waals surface area contributed by atoms with Gasteiger partial charge in [0.2, 0.25) is 15.9 Å². The normalized spacial score (nSPS) is 12.1. The van der Waals surface area contributed by atoms with Gasteiger partial charge in [-0.25, -0.2) is 8.42 Å². The zero-order valence-electron chi connectivity index (χ0n) is 15.9. The van der Waals surface area contributed by atoms with Crippen molar-refractivity contribution in [2.75, 3.05) is 25.5 Å². The summed E-state index contributed by atoms with van der Waals surface area (Å²) in [6, 6.07) is 9.81. The number of rotatable bonds is 8. The highest BCUT2D eigenvalue weighted by Gasteiger charge is 2.32. The molecule has 2 aromatic carbocycles. The van der Waals surface area contributed by atoms with E-state index in [0.717, 1.165) is 16.4 Å². The van der Waals surface area contributed by atoms with Crippen LogP contribution in [0.25, 0.3) is 0 Å². The highest BCUT2D eigenvalue weighted by Crippen LogP contribution is 2.30. The summed E-state index contributed by atoms with van der Waals surface area (Å²) in [5.74, 6) is -0.188. The minimum absolute atomic E-state index is 0.0305. The van der Waals surface area contributed by atoms with Gasteiger partial charge < -0.3 is 10.1 Å². The summed E-state index contributed by atoms with van der Waals surface area (Å²) in [7, 11) is -2.72. The fourth-order valence-electron chi connectivity index (χ4n) is 2.60. The first-order chi connectivity index (χ1) is 13.6. The number of nitrogens with zero attached hydrogens (tertiary/aromatic N) is 1. The second-order valence-corrected chi connectivity index (χ2v) is 8.05. The summed E-state index contributed by atoms with van der Waals surface area (Å²) in [5.41, 5.74) is -0.573. The second-order valence-electron chi connectivity index (χ2n) is 6.11. The second kappa shape index (κ2) is 9.27. The standard InChI is InChI=1S/C19H21F3N2O4S/c1-3-12-24(13-18(25)23-16-6-4-5-7-17(16)28-2)29(26,27)15-10-8-14(9-11-15)19(20,21)22/h4-11H,3,12-13H2,1-2H3,(H,23,25). The van der Waals surface area contributed by atoms with Gasteiger partial charge in [0.15, 0.2) is 0 Å². The van der Waals surface area contributed by atoms with E-state index in [2.05, 4.69) is 5.32 Å². The van der Waals surface area contributed by atoms with Crippen molar-refractivity contribution in [2.24, 2.45) is 0 Å². The molecule has 0 saturated heterocycles. The Morgan fingerprint density at radius 1 is 1.10 bits per heavy atom. The number of para-hydroxylation sites is 2. The Kier molecular flexibility index (Phi) is 7.26. The predicted octanol–water partition coefficient (Wildman–Crippen LogP) is 3.75. The summed E-state index contributed by atoms with van der Waals surface area (Å²) >= 11 is 0. The molecule has 0 aromatic heterocycles. The molecule has 158 valence electrons. The van der Waals surface area contributed by atoms with Gasteiger partial charge in [-0.3, -0.25) is 4.79 Å². The van der Waals surface area contributed by atoms with Gasteiger partial charge in [-0.2, -0.15) is 17.5 Å². The topological polar surface area (TPSA) is 75.7 Å². The number of hydrogen-bond acceptors (Lipinski definition) is 4. The van der Waals surface area contributed by atoms with Crippen LogP contribution in [0.4, 0.5) is 18.9 Å². The van der Waals surface area contributed by atoms with Gasteiger partial charge in [0.1, 0.15) is 5.75 Å². The zero-order valence-corrected chi connectivity index (χ0v) is 16.7. The van der Waals surface area contributed by atoms with Crippen molar-refractivity contribution < 1.29 is 31.1 Å². The molecule has 10 heteroatoms. The van der Waals surface area contributed by atoms with Crippen LogP contribution < -0.4 is 10.1 Å². The molecule has 6 nitrogen and oxygen atoms in total. The highest BCUT2D eigenvalue weighted by atomic mass is 32.2. The third kappa shape index (κ3) is 5.70. The van der Waals surface area contributed by atoms with E-state index in [4.69, 9.17) is 4.74 Å². The number of hydrogen-bond donors (Lipinski definition) is 1. The molecule has 0 atom stereocenters. The number of sulfonamides is 1. The Labute approximate surface area is 167 Å². The van der Waals surface area contributed by atoms with E-state index in [1.54, 1.807) is 31.2 Å². The molecule has 2 aromatic rings. The molecule has 0 aliphatic heterocycles. The third-order valence-electron chi connectivity index (χ3n) is 3.99. The first-order valence-corrected chi connectivity index (χ1v) is 10.1. The monoisotopic (exact) mass is 430 g/mol. The molecular weight excluding hydrogens is 409 g/mol. The lowest BCUT2D eigenvalue weighted by Gasteiger charge is -2.21. The average Bonchev–Trinajstić information content (AvgIpc) is 2.67. The summed E-state index contributed by atoms with van der Waals surface area (Å²) in [5, 5.41) is 2.58. The van der Waals surface area contributed by atoms with Crippen LogP contribution in [-0.4, -0.2) is 38.8 Å². The third-order valence-corrected chi connectivity index (χ3v) is 5.85. The number of methoxy groups -OCH3 is 1. The van der Waals surface area contributed by atoms with Crippen LogP contribution >= 0.6 is 0 Å². The van der Waals surface area contributed by atoms with Crippen LogP contribution in [0, 0.1) is 0 Å². The molecule has 2 rings (SSSR count). The highest BCUT2D eigenvalue weighted by molar-refractivity contribution is 7.89. The van der Waals surface area contributed by atoms with Gasteiger partial charge >= 0.3 is 6.18 Å². The van der Waals surface area contributed by atoms with Crippen LogP contribution in [0.5, 0.6) is 5.75 Å². The van der Waals surface area contributed by atoms with Gasteiger partial charge in [0.25, 0.3) is 0 Å². The van der Waals surface area contributed by atoms with Crippen molar-refractivity contribution in [1.82, 2.24) is 4.31 Å². The lowest BCUT2D eigenvalue weighted by molar-refractivity contribution is -0.137. The SMILES string of the molecule is CCCN(CC(=O)Nc1ccccc1OC)S(=O)(=O)c1ccc(C(F)(F)F)cc1. The van der Waals surface area contributed by atoms with E-state index >= 15 is 0 Å². The number of alkyl halides is 3. The van der Waals surface area contributed by atoms with Crippen molar-refractivity contribution in [3.05, 3.63) is 54.1 Å². The molecule has 0 unspecified atom stereocenters. The van der Waals surface area contributed by atoms with Crippen LogP contribution in [0.3, 0.4) is 0 Å². The van der Waals surface area contributed by atoms with E-state index in [9.17, 15) is 26.4 Å². The molecule has 1 N–H and O–H groups in total. The maximum Gasteiger partial charge on any atom is 0.416 e. The van der Waals surface area contributed by atoms with Crippen LogP contribution in [0.2, 0.25) is 0 Å². The zero-order chi connectivity index (χ0) is 21.7. The van der Waals surface area contributed by atoms with Crippen molar-refractivity contribution in [3.63, 3.8) is 0 Å². The van der Waals surface area contributed by atoms with Crippen LogP contribution in [0.15, 0.2) is 53.4 Å². The quantitative estimate of drug-likeness (QED) is 0.692. The average molecular weight is 430 g/mol. The van der Waals surface area contributed by atoms with Gasteiger partial charge in [0.05, 0.1) is 29.8 Å². The largest absolute Gasteiger partial charge is 0.495 e. The van der Waals surface area contributed by atoms with Gasteiger partial charge in [-0.1, -0.05) is 19.1 Å². The molecule has 0 aliphatic rings. The fraction of sp³-hybridized carbons (Fsp3) is 0.316. The van der Waals surface area contributed by atoms with E-state index < -0.39 is 34.2 Å². The van der Waals surface area contributed by atoms with E-state index in [-0.39, 0.29) is 11.4 Å². The molecule has 0 bridgehead atoms. The smallest absolute Gasteiger partial charge is 0.416 e. The first-order valence-electron chi connectivity index (χ1n) is 8.70. The van der Waals surface area contributed by atoms with E-state index in [1.165, 1.54) is 7.11 Å². The lowest BCUT2D eigenvalue weighted by Crippen LogP contribution is -2.38. The van der Waals surface area contributed by atoms with Crippen LogP contribution in [-0.2, 0) is 21.0 Å². The van der Waals surface area contributed by atoms with Crippen molar-refractivity contribution in [1.29, 1.82) is 0 Å². The first kappa shape index (κ1) is 22.7. The Balaban J connectivity index is 2.22. The number of carbonyl (C=O) groups excluding carboxylic acids is 1. The maximum atomic E-state index is 12.8. The number of ether oxygens (including phenoxy) is 1. The summed E-state index contributed by atoms with van der Waals surface area (Å²) < 4.78 is 69.9. The Morgan fingerprint density at radius 2 is 1.72 bits per heavy atom.